The van der Waals surface area contributed by atoms with Gasteiger partial charge in [-0.25, -0.2) is 0 Å². The van der Waals surface area contributed by atoms with Crippen molar-refractivity contribution < 1.29 is 28.7 Å². The fourth-order valence-electron chi connectivity index (χ4n) is 2.95. The van der Waals surface area contributed by atoms with Gasteiger partial charge in [-0.3, -0.25) is 14.9 Å². The Bertz CT molecular complexity index is 948. The molecule has 2 aromatic rings. The van der Waals surface area contributed by atoms with Crippen LogP contribution in [0.15, 0.2) is 30.3 Å². The summed E-state index contributed by atoms with van der Waals surface area (Å²) in [6.07, 6.45) is 0. The molecule has 1 heterocycles. The van der Waals surface area contributed by atoms with E-state index in [1.807, 2.05) is 6.92 Å². The molecule has 0 atom stereocenters. The summed E-state index contributed by atoms with van der Waals surface area (Å²) in [5, 5.41) is 14.6. The van der Waals surface area contributed by atoms with Gasteiger partial charge in [-0.15, -0.1) is 0 Å². The van der Waals surface area contributed by atoms with E-state index in [9.17, 15) is 14.9 Å². The lowest BCUT2D eigenvalue weighted by Gasteiger charge is -2.21. The van der Waals surface area contributed by atoms with Crippen molar-refractivity contribution in [1.82, 2.24) is 0 Å². The van der Waals surface area contributed by atoms with Crippen LogP contribution in [0.4, 0.5) is 22.7 Å². The van der Waals surface area contributed by atoms with E-state index in [1.54, 1.807) is 37.1 Å². The fraction of sp³-hybridized carbons (Fsp3) is 0.350. The number of benzene rings is 2. The molecule has 0 aliphatic carbocycles. The molecule has 0 fully saturated rings. The van der Waals surface area contributed by atoms with Crippen LogP contribution in [0.2, 0.25) is 0 Å². The number of fused-ring (bicyclic) bond motifs is 1. The first-order chi connectivity index (χ1) is 14.4. The highest BCUT2D eigenvalue weighted by Gasteiger charge is 2.24. The van der Waals surface area contributed by atoms with Crippen LogP contribution in [-0.4, -0.2) is 44.5 Å². The number of rotatable bonds is 9. The van der Waals surface area contributed by atoms with Crippen LogP contribution in [0.1, 0.15) is 13.8 Å². The topological polar surface area (TPSA) is 112 Å². The lowest BCUT2D eigenvalue weighted by atomic mass is 10.2. The number of nitrogens with one attached hydrogen (secondary N) is 1. The van der Waals surface area contributed by atoms with Crippen LogP contribution in [0, 0.1) is 10.1 Å². The van der Waals surface area contributed by atoms with Crippen molar-refractivity contribution in [2.45, 2.75) is 13.8 Å². The van der Waals surface area contributed by atoms with E-state index < -0.39 is 4.92 Å². The fourth-order valence-corrected chi connectivity index (χ4v) is 2.95. The second kappa shape index (κ2) is 9.21. The average molecular weight is 417 g/mol. The number of anilines is 3. The number of carbonyl (C=O) groups is 1. The third-order valence-electron chi connectivity index (χ3n) is 4.33. The van der Waals surface area contributed by atoms with E-state index in [-0.39, 0.29) is 30.7 Å². The summed E-state index contributed by atoms with van der Waals surface area (Å²) in [4.78, 5) is 24.5. The van der Waals surface area contributed by atoms with E-state index in [0.717, 1.165) is 5.69 Å². The summed E-state index contributed by atoms with van der Waals surface area (Å²) < 4.78 is 21.2. The van der Waals surface area contributed by atoms with Gasteiger partial charge in [-0.05, 0) is 26.0 Å². The van der Waals surface area contributed by atoms with Crippen molar-refractivity contribution in [3.05, 3.63) is 40.4 Å². The molecular weight excluding hydrogens is 394 g/mol. The number of carbonyl (C=O) groups excluding carboxylic acids is 1. The molecule has 3 rings (SSSR count). The average Bonchev–Trinajstić information content (AvgIpc) is 3.16. The first kappa shape index (κ1) is 21.0. The minimum absolute atomic E-state index is 0.0155. The molecule has 0 saturated carbocycles. The molecule has 0 saturated heterocycles. The second-order valence-corrected chi connectivity index (χ2v) is 6.38. The summed E-state index contributed by atoms with van der Waals surface area (Å²) in [7, 11) is 1.76. The molecule has 1 N–H and O–H groups in total. The SMILES string of the molecule is CCOC(=O)CN(C)c1ccc(Nc2cc3c(cc2[N+](=O)[O-])OCO3)c(OCC)c1. The van der Waals surface area contributed by atoms with E-state index >= 15 is 0 Å². The van der Waals surface area contributed by atoms with Crippen molar-refractivity contribution in [2.24, 2.45) is 0 Å². The van der Waals surface area contributed by atoms with Crippen molar-refractivity contribution in [2.75, 3.05) is 43.8 Å². The highest BCUT2D eigenvalue weighted by Crippen LogP contribution is 2.43. The quantitative estimate of drug-likeness (QED) is 0.372. The van der Waals surface area contributed by atoms with Gasteiger partial charge in [0.15, 0.2) is 11.5 Å². The molecule has 0 radical (unpaired) electrons. The molecule has 0 spiro atoms. The molecule has 2 aromatic carbocycles. The van der Waals surface area contributed by atoms with E-state index in [4.69, 9.17) is 18.9 Å². The molecule has 0 unspecified atom stereocenters. The Hall–Kier alpha value is -3.69. The number of nitro groups is 1. The molecule has 1 aliphatic rings. The minimum atomic E-state index is -0.494. The Morgan fingerprint density at radius 2 is 1.90 bits per heavy atom. The van der Waals surface area contributed by atoms with Crippen LogP contribution < -0.4 is 24.4 Å². The number of nitrogens with zero attached hydrogens (tertiary/aromatic N) is 2. The van der Waals surface area contributed by atoms with Crippen LogP contribution in [0.3, 0.4) is 0 Å². The van der Waals surface area contributed by atoms with Crippen LogP contribution in [-0.2, 0) is 9.53 Å². The first-order valence-corrected chi connectivity index (χ1v) is 9.41. The molecule has 0 aromatic heterocycles. The Morgan fingerprint density at radius 1 is 1.17 bits per heavy atom. The number of likely N-dealkylation sites (N-methyl/N-ethyl adjacent to an activating group) is 1. The van der Waals surface area contributed by atoms with Crippen molar-refractivity contribution in [1.29, 1.82) is 0 Å². The van der Waals surface area contributed by atoms with Crippen LogP contribution in [0.25, 0.3) is 0 Å². The molecule has 1 aliphatic heterocycles. The van der Waals surface area contributed by atoms with Gasteiger partial charge in [0, 0.05) is 24.9 Å². The van der Waals surface area contributed by atoms with Gasteiger partial charge in [-0.2, -0.15) is 0 Å². The van der Waals surface area contributed by atoms with Gasteiger partial charge >= 0.3 is 5.97 Å². The van der Waals surface area contributed by atoms with E-state index in [0.29, 0.717) is 36.1 Å². The van der Waals surface area contributed by atoms with Gasteiger partial charge in [0.25, 0.3) is 5.69 Å². The maximum Gasteiger partial charge on any atom is 0.325 e. The predicted molar refractivity (Wildman–Crippen MR) is 110 cm³/mol. The van der Waals surface area contributed by atoms with Gasteiger partial charge < -0.3 is 29.2 Å². The number of ether oxygens (including phenoxy) is 4. The first-order valence-electron chi connectivity index (χ1n) is 9.41. The van der Waals surface area contributed by atoms with Gasteiger partial charge in [0.2, 0.25) is 6.79 Å². The highest BCUT2D eigenvalue weighted by atomic mass is 16.7. The number of nitro benzene ring substituents is 1. The van der Waals surface area contributed by atoms with Crippen molar-refractivity contribution in [3.8, 4) is 17.2 Å². The zero-order valence-electron chi connectivity index (χ0n) is 17.0. The normalized spacial score (nSPS) is 11.7. The maximum absolute atomic E-state index is 11.7. The largest absolute Gasteiger partial charge is 0.492 e. The summed E-state index contributed by atoms with van der Waals surface area (Å²) in [5.41, 5.74) is 1.37. The zero-order valence-corrected chi connectivity index (χ0v) is 17.0. The highest BCUT2D eigenvalue weighted by molar-refractivity contribution is 5.79. The molecule has 10 heteroatoms. The summed E-state index contributed by atoms with van der Waals surface area (Å²) >= 11 is 0. The van der Waals surface area contributed by atoms with Gasteiger partial charge in [0.05, 0.1) is 29.9 Å². The Labute approximate surface area is 173 Å². The molecule has 0 bridgehead atoms. The number of hydrogen-bond donors (Lipinski definition) is 1. The third-order valence-corrected chi connectivity index (χ3v) is 4.33. The molecule has 10 nitrogen and oxygen atoms in total. The Morgan fingerprint density at radius 3 is 2.57 bits per heavy atom. The molecule has 30 heavy (non-hydrogen) atoms. The van der Waals surface area contributed by atoms with E-state index in [1.165, 1.54) is 12.1 Å². The maximum atomic E-state index is 11.7. The standard InChI is InChI=1S/C20H23N3O7/c1-4-27-17-8-13(22(3)11-20(24)28-5-2)6-7-14(17)21-15-9-18-19(30-12-29-18)10-16(15)23(25)26/h6-10,21H,4-5,11-12H2,1-3H3. The zero-order chi connectivity index (χ0) is 21.7. The van der Waals surface area contributed by atoms with Crippen molar-refractivity contribution in [3.63, 3.8) is 0 Å². The predicted octanol–water partition coefficient (Wildman–Crippen LogP) is 3.47. The lowest BCUT2D eigenvalue weighted by molar-refractivity contribution is -0.384. The third kappa shape index (κ3) is 4.65. The summed E-state index contributed by atoms with van der Waals surface area (Å²) in [6.45, 7) is 4.39. The van der Waals surface area contributed by atoms with Crippen LogP contribution >= 0.6 is 0 Å². The molecule has 160 valence electrons. The van der Waals surface area contributed by atoms with Crippen molar-refractivity contribution >= 4 is 28.7 Å². The smallest absolute Gasteiger partial charge is 0.325 e. The van der Waals surface area contributed by atoms with E-state index in [2.05, 4.69) is 5.32 Å². The summed E-state index contributed by atoms with van der Waals surface area (Å²) in [5.74, 6) is 0.897. The van der Waals surface area contributed by atoms with Gasteiger partial charge in [0.1, 0.15) is 18.0 Å². The van der Waals surface area contributed by atoms with Crippen LogP contribution in [0.5, 0.6) is 17.2 Å². The number of esters is 1. The lowest BCUT2D eigenvalue weighted by Crippen LogP contribution is -2.27. The molecule has 0 amide bonds. The molecular formula is C20H23N3O7. The van der Waals surface area contributed by atoms with Gasteiger partial charge in [-0.1, -0.05) is 0 Å². The minimum Gasteiger partial charge on any atom is -0.492 e. The monoisotopic (exact) mass is 417 g/mol. The second-order valence-electron chi connectivity index (χ2n) is 6.38. The number of hydrogen-bond acceptors (Lipinski definition) is 9. The Kier molecular flexibility index (Phi) is 6.45. The summed E-state index contributed by atoms with van der Waals surface area (Å²) in [6, 6.07) is 8.12. The Balaban J connectivity index is 1.89.